The number of rotatable bonds is 6. The molecule has 0 aliphatic carbocycles. The SMILES string of the molecule is COC(=O)c1ccc(CN2C[C@@H](C)N(Cc3cccc(-c4ccco4)c3)[C@@H](C)C2)cc1. The Labute approximate surface area is 184 Å². The minimum Gasteiger partial charge on any atom is -0.465 e. The number of methoxy groups -OCH3 is 1. The molecule has 0 spiro atoms. The van der Waals surface area contributed by atoms with Crippen LogP contribution in [0.3, 0.4) is 0 Å². The highest BCUT2D eigenvalue weighted by atomic mass is 16.5. The van der Waals surface area contributed by atoms with Crippen molar-refractivity contribution in [1.29, 1.82) is 0 Å². The summed E-state index contributed by atoms with van der Waals surface area (Å²) in [6.07, 6.45) is 1.72. The summed E-state index contributed by atoms with van der Waals surface area (Å²) in [6, 6.07) is 21.2. The summed E-state index contributed by atoms with van der Waals surface area (Å²) in [4.78, 5) is 16.7. The first-order valence-corrected chi connectivity index (χ1v) is 10.8. The molecule has 0 amide bonds. The van der Waals surface area contributed by atoms with Gasteiger partial charge in [0.05, 0.1) is 18.9 Å². The van der Waals surface area contributed by atoms with E-state index in [1.54, 1.807) is 6.26 Å². The number of hydrogen-bond donors (Lipinski definition) is 0. The number of ether oxygens (including phenoxy) is 1. The Bertz CT molecular complexity index is 986. The van der Waals surface area contributed by atoms with Crippen LogP contribution in [0.4, 0.5) is 0 Å². The zero-order valence-corrected chi connectivity index (χ0v) is 18.5. The summed E-state index contributed by atoms with van der Waals surface area (Å²) in [6.45, 7) is 8.46. The number of nitrogens with zero attached hydrogens (tertiary/aromatic N) is 2. The largest absolute Gasteiger partial charge is 0.465 e. The zero-order valence-electron chi connectivity index (χ0n) is 18.5. The van der Waals surface area contributed by atoms with Crippen LogP contribution < -0.4 is 0 Å². The molecule has 0 unspecified atom stereocenters. The van der Waals surface area contributed by atoms with Crippen molar-refractivity contribution in [2.45, 2.75) is 39.0 Å². The molecule has 5 nitrogen and oxygen atoms in total. The van der Waals surface area contributed by atoms with E-state index in [2.05, 4.69) is 47.9 Å². The molecule has 0 radical (unpaired) electrons. The molecule has 1 aliphatic rings. The Morgan fingerprint density at radius 2 is 1.71 bits per heavy atom. The quantitative estimate of drug-likeness (QED) is 0.537. The molecule has 0 N–H and O–H groups in total. The Kier molecular flexibility index (Phi) is 6.54. The van der Waals surface area contributed by atoms with Crippen LogP contribution >= 0.6 is 0 Å². The summed E-state index contributed by atoms with van der Waals surface area (Å²) in [5.74, 6) is 0.615. The molecule has 3 aromatic rings. The van der Waals surface area contributed by atoms with E-state index in [1.807, 2.05) is 36.4 Å². The van der Waals surface area contributed by atoms with Crippen LogP contribution in [-0.4, -0.2) is 48.1 Å². The predicted molar refractivity (Wildman–Crippen MR) is 122 cm³/mol. The summed E-state index contributed by atoms with van der Waals surface area (Å²) >= 11 is 0. The molecule has 5 heteroatoms. The first-order chi connectivity index (χ1) is 15.0. The average Bonchev–Trinajstić information content (AvgIpc) is 3.32. The number of benzene rings is 2. The molecular weight excluding hydrogens is 388 g/mol. The fraction of sp³-hybridized carbons (Fsp3) is 0.346. The maximum atomic E-state index is 11.6. The van der Waals surface area contributed by atoms with Crippen molar-refractivity contribution >= 4 is 5.97 Å². The van der Waals surface area contributed by atoms with Crippen molar-refractivity contribution in [3.05, 3.63) is 83.6 Å². The van der Waals surface area contributed by atoms with Gasteiger partial charge in [-0.15, -0.1) is 0 Å². The van der Waals surface area contributed by atoms with Gasteiger partial charge >= 0.3 is 5.97 Å². The fourth-order valence-electron chi connectivity index (χ4n) is 4.51. The molecule has 31 heavy (non-hydrogen) atoms. The van der Waals surface area contributed by atoms with Gasteiger partial charge in [-0.05, 0) is 55.3 Å². The van der Waals surface area contributed by atoms with Crippen LogP contribution in [-0.2, 0) is 17.8 Å². The monoisotopic (exact) mass is 418 g/mol. The molecule has 0 bridgehead atoms. The first kappa shape index (κ1) is 21.3. The van der Waals surface area contributed by atoms with E-state index in [9.17, 15) is 4.79 Å². The second kappa shape index (κ2) is 9.50. The topological polar surface area (TPSA) is 45.9 Å². The van der Waals surface area contributed by atoms with E-state index in [4.69, 9.17) is 9.15 Å². The molecule has 1 aliphatic heterocycles. The number of carbonyl (C=O) groups excluding carboxylic acids is 1. The van der Waals surface area contributed by atoms with Crippen LogP contribution in [0.15, 0.2) is 71.3 Å². The molecule has 1 saturated heterocycles. The molecular formula is C26H30N2O3. The third kappa shape index (κ3) is 5.06. The van der Waals surface area contributed by atoms with Gasteiger partial charge in [-0.1, -0.05) is 30.3 Å². The van der Waals surface area contributed by atoms with Gasteiger partial charge in [-0.2, -0.15) is 0 Å². The van der Waals surface area contributed by atoms with Crippen LogP contribution in [0.1, 0.15) is 35.3 Å². The van der Waals surface area contributed by atoms with Gasteiger partial charge in [0.15, 0.2) is 0 Å². The van der Waals surface area contributed by atoms with Crippen LogP contribution in [0, 0.1) is 0 Å². The first-order valence-electron chi connectivity index (χ1n) is 10.8. The normalized spacial score (nSPS) is 20.0. The van der Waals surface area contributed by atoms with Crippen molar-refractivity contribution in [1.82, 2.24) is 9.80 Å². The van der Waals surface area contributed by atoms with Gasteiger partial charge < -0.3 is 9.15 Å². The third-order valence-electron chi connectivity index (χ3n) is 6.06. The van der Waals surface area contributed by atoms with E-state index >= 15 is 0 Å². The zero-order chi connectivity index (χ0) is 21.8. The van der Waals surface area contributed by atoms with Gasteiger partial charge in [-0.25, -0.2) is 4.79 Å². The highest BCUT2D eigenvalue weighted by molar-refractivity contribution is 5.89. The van der Waals surface area contributed by atoms with Crippen molar-refractivity contribution in [2.75, 3.05) is 20.2 Å². The lowest BCUT2D eigenvalue weighted by Crippen LogP contribution is -2.55. The van der Waals surface area contributed by atoms with E-state index in [0.29, 0.717) is 17.6 Å². The molecule has 1 aromatic heterocycles. The Balaban J connectivity index is 1.38. The fourth-order valence-corrected chi connectivity index (χ4v) is 4.51. The number of piperazine rings is 1. The Morgan fingerprint density at radius 3 is 2.35 bits per heavy atom. The summed E-state index contributed by atoms with van der Waals surface area (Å²) in [5.41, 5.74) is 4.23. The maximum absolute atomic E-state index is 11.6. The third-order valence-corrected chi connectivity index (χ3v) is 6.06. The van der Waals surface area contributed by atoms with E-state index < -0.39 is 0 Å². The summed E-state index contributed by atoms with van der Waals surface area (Å²) in [5, 5.41) is 0. The minimum atomic E-state index is -0.293. The Morgan fingerprint density at radius 1 is 0.968 bits per heavy atom. The highest BCUT2D eigenvalue weighted by Crippen LogP contribution is 2.24. The van der Waals surface area contributed by atoms with Gasteiger partial charge in [0.2, 0.25) is 0 Å². The van der Waals surface area contributed by atoms with Crippen LogP contribution in [0.5, 0.6) is 0 Å². The maximum Gasteiger partial charge on any atom is 0.337 e. The Hall–Kier alpha value is -2.89. The molecule has 2 aromatic carbocycles. The van der Waals surface area contributed by atoms with Crippen LogP contribution in [0.25, 0.3) is 11.3 Å². The average molecular weight is 419 g/mol. The van der Waals surface area contributed by atoms with Gasteiger partial charge in [-0.3, -0.25) is 9.80 Å². The second-order valence-corrected chi connectivity index (χ2v) is 8.43. The summed E-state index contributed by atoms with van der Waals surface area (Å²) in [7, 11) is 1.41. The molecule has 4 rings (SSSR count). The number of esters is 1. The van der Waals surface area contributed by atoms with Crippen molar-refractivity contribution < 1.29 is 13.9 Å². The minimum absolute atomic E-state index is 0.293. The molecule has 0 saturated carbocycles. The molecule has 2 heterocycles. The lowest BCUT2D eigenvalue weighted by Gasteiger charge is -2.44. The van der Waals surface area contributed by atoms with E-state index in [0.717, 1.165) is 37.5 Å². The van der Waals surface area contributed by atoms with Crippen molar-refractivity contribution in [2.24, 2.45) is 0 Å². The van der Waals surface area contributed by atoms with Crippen molar-refractivity contribution in [3.63, 3.8) is 0 Å². The lowest BCUT2D eigenvalue weighted by molar-refractivity contribution is 0.0290. The predicted octanol–water partition coefficient (Wildman–Crippen LogP) is 4.83. The lowest BCUT2D eigenvalue weighted by atomic mass is 10.0. The van der Waals surface area contributed by atoms with Gasteiger partial charge in [0.25, 0.3) is 0 Å². The van der Waals surface area contributed by atoms with Gasteiger partial charge in [0.1, 0.15) is 5.76 Å². The second-order valence-electron chi connectivity index (χ2n) is 8.43. The number of furan rings is 1. The number of hydrogen-bond acceptors (Lipinski definition) is 5. The standard InChI is InChI=1S/C26H30N2O3/c1-19-15-27(17-21-9-11-23(12-10-21)26(29)30-3)16-20(2)28(19)18-22-6-4-7-24(14-22)25-8-5-13-31-25/h4-14,19-20H,15-18H2,1-3H3/t19-,20+. The number of carbonyl (C=O) groups is 1. The smallest absolute Gasteiger partial charge is 0.337 e. The van der Waals surface area contributed by atoms with E-state index in [-0.39, 0.29) is 5.97 Å². The summed E-state index contributed by atoms with van der Waals surface area (Å²) < 4.78 is 10.3. The molecule has 2 atom stereocenters. The highest BCUT2D eigenvalue weighted by Gasteiger charge is 2.29. The van der Waals surface area contributed by atoms with Gasteiger partial charge in [0, 0.05) is 43.8 Å². The van der Waals surface area contributed by atoms with Crippen LogP contribution in [0.2, 0.25) is 0 Å². The van der Waals surface area contributed by atoms with Crippen molar-refractivity contribution in [3.8, 4) is 11.3 Å². The molecule has 162 valence electrons. The van der Waals surface area contributed by atoms with E-state index in [1.165, 1.54) is 18.2 Å². The molecule has 1 fully saturated rings.